The smallest absolute Gasteiger partial charge is 0.225 e. The largest absolute Gasteiger partial charge is 0.399 e. The molecule has 0 atom stereocenters. The molecule has 0 bridgehead atoms. The minimum Gasteiger partial charge on any atom is -0.399 e. The van der Waals surface area contributed by atoms with Gasteiger partial charge in [-0.1, -0.05) is 6.07 Å². The van der Waals surface area contributed by atoms with Gasteiger partial charge in [-0.15, -0.1) is 0 Å². The van der Waals surface area contributed by atoms with Crippen LogP contribution in [0.25, 0.3) is 0 Å². The Labute approximate surface area is 120 Å². The number of aliphatic hydroxyl groups excluding tert-OH is 1. The summed E-state index contributed by atoms with van der Waals surface area (Å²) in [5.41, 5.74) is 8.10. The molecular weight excluding hydrogens is 254 g/mol. The average molecular weight is 279 g/mol. The molecule has 0 aliphatic rings. The zero-order valence-corrected chi connectivity index (χ0v) is 12.5. The third-order valence-electron chi connectivity index (χ3n) is 3.28. The van der Waals surface area contributed by atoms with Gasteiger partial charge in [0, 0.05) is 36.9 Å². The van der Waals surface area contributed by atoms with Crippen LogP contribution >= 0.6 is 0 Å². The number of amides is 1. The molecular formula is C15H25N3O2. The lowest BCUT2D eigenvalue weighted by molar-refractivity contribution is -0.116. The van der Waals surface area contributed by atoms with Crippen LogP contribution in [-0.2, 0) is 4.79 Å². The number of aliphatic hydroxyl groups is 1. The summed E-state index contributed by atoms with van der Waals surface area (Å²) in [4.78, 5) is 14.0. The standard InChI is InChI=1S/C15H25N3O2/c1-11(2)18(8-9-19)7-6-15(20)17-14-10-13(16)5-4-12(14)3/h4-5,10-11,19H,6-9,16H2,1-3H3,(H,17,20). The predicted octanol–water partition coefficient (Wildman–Crippen LogP) is 1.61. The number of benzene rings is 1. The number of carbonyl (C=O) groups is 1. The van der Waals surface area contributed by atoms with E-state index in [1.54, 1.807) is 6.07 Å². The molecule has 0 spiro atoms. The molecule has 20 heavy (non-hydrogen) atoms. The number of aryl methyl sites for hydroxylation is 1. The van der Waals surface area contributed by atoms with Crippen molar-refractivity contribution in [3.8, 4) is 0 Å². The Kier molecular flexibility index (Phi) is 6.48. The second-order valence-electron chi connectivity index (χ2n) is 5.23. The molecule has 1 aromatic carbocycles. The number of nitrogen functional groups attached to an aromatic ring is 1. The Balaban J connectivity index is 2.53. The highest BCUT2D eigenvalue weighted by atomic mass is 16.3. The fourth-order valence-electron chi connectivity index (χ4n) is 1.99. The number of hydrogen-bond acceptors (Lipinski definition) is 4. The summed E-state index contributed by atoms with van der Waals surface area (Å²) in [6, 6.07) is 5.77. The molecule has 0 saturated heterocycles. The first kappa shape index (κ1) is 16.5. The first-order chi connectivity index (χ1) is 9.43. The minimum absolute atomic E-state index is 0.0395. The maximum Gasteiger partial charge on any atom is 0.225 e. The lowest BCUT2D eigenvalue weighted by atomic mass is 10.1. The molecule has 5 nitrogen and oxygen atoms in total. The third kappa shape index (κ3) is 5.19. The zero-order valence-electron chi connectivity index (χ0n) is 12.5. The number of nitrogens with zero attached hydrogens (tertiary/aromatic N) is 1. The quantitative estimate of drug-likeness (QED) is 0.663. The van der Waals surface area contributed by atoms with Crippen LogP contribution in [0.15, 0.2) is 18.2 Å². The van der Waals surface area contributed by atoms with Gasteiger partial charge in [-0.25, -0.2) is 0 Å². The fraction of sp³-hybridized carbons (Fsp3) is 0.533. The molecule has 112 valence electrons. The summed E-state index contributed by atoms with van der Waals surface area (Å²) < 4.78 is 0. The van der Waals surface area contributed by atoms with Crippen LogP contribution in [0.5, 0.6) is 0 Å². The van der Waals surface area contributed by atoms with Crippen molar-refractivity contribution in [2.24, 2.45) is 0 Å². The van der Waals surface area contributed by atoms with Crippen LogP contribution in [0.4, 0.5) is 11.4 Å². The van der Waals surface area contributed by atoms with Crippen LogP contribution in [0.1, 0.15) is 25.8 Å². The van der Waals surface area contributed by atoms with Crippen LogP contribution in [-0.4, -0.2) is 41.7 Å². The molecule has 0 saturated carbocycles. The number of nitrogens with two attached hydrogens (primary N) is 1. The Bertz CT molecular complexity index is 447. The zero-order chi connectivity index (χ0) is 15.1. The maximum atomic E-state index is 12.0. The molecule has 0 unspecified atom stereocenters. The van der Waals surface area contributed by atoms with Gasteiger partial charge >= 0.3 is 0 Å². The SMILES string of the molecule is Cc1ccc(N)cc1NC(=O)CCN(CCO)C(C)C. The highest BCUT2D eigenvalue weighted by molar-refractivity contribution is 5.92. The van der Waals surface area contributed by atoms with Crippen LogP contribution in [0.3, 0.4) is 0 Å². The van der Waals surface area contributed by atoms with Gasteiger partial charge in [0.2, 0.25) is 5.91 Å². The molecule has 0 aliphatic heterocycles. The number of anilines is 2. The van der Waals surface area contributed by atoms with E-state index in [0.29, 0.717) is 31.2 Å². The topological polar surface area (TPSA) is 78.6 Å². The van der Waals surface area contributed by atoms with Crippen molar-refractivity contribution >= 4 is 17.3 Å². The Morgan fingerprint density at radius 1 is 1.40 bits per heavy atom. The molecule has 1 aromatic rings. The van der Waals surface area contributed by atoms with E-state index in [1.165, 1.54) is 0 Å². The van der Waals surface area contributed by atoms with E-state index in [0.717, 1.165) is 11.3 Å². The van der Waals surface area contributed by atoms with E-state index >= 15 is 0 Å². The molecule has 0 aromatic heterocycles. The lowest BCUT2D eigenvalue weighted by Gasteiger charge is -2.25. The van der Waals surface area contributed by atoms with Gasteiger partial charge in [0.05, 0.1) is 6.61 Å². The molecule has 0 heterocycles. The molecule has 1 amide bonds. The maximum absolute atomic E-state index is 12.0. The fourth-order valence-corrected chi connectivity index (χ4v) is 1.99. The first-order valence-electron chi connectivity index (χ1n) is 6.95. The van der Waals surface area contributed by atoms with Gasteiger partial charge in [-0.3, -0.25) is 9.69 Å². The van der Waals surface area contributed by atoms with Crippen molar-refractivity contribution in [2.75, 3.05) is 30.7 Å². The molecule has 1 rings (SSSR count). The van der Waals surface area contributed by atoms with Crippen LogP contribution in [0, 0.1) is 6.92 Å². The number of hydrogen-bond donors (Lipinski definition) is 3. The highest BCUT2D eigenvalue weighted by Crippen LogP contribution is 2.18. The number of rotatable bonds is 7. The van der Waals surface area contributed by atoms with E-state index in [-0.39, 0.29) is 12.5 Å². The summed E-state index contributed by atoms with van der Waals surface area (Å²) in [6.07, 6.45) is 0.395. The second-order valence-corrected chi connectivity index (χ2v) is 5.23. The van der Waals surface area contributed by atoms with Crippen molar-refractivity contribution in [3.63, 3.8) is 0 Å². The lowest BCUT2D eigenvalue weighted by Crippen LogP contribution is -2.35. The summed E-state index contributed by atoms with van der Waals surface area (Å²) in [7, 11) is 0. The third-order valence-corrected chi connectivity index (χ3v) is 3.28. The summed E-state index contributed by atoms with van der Waals surface area (Å²) in [5.74, 6) is -0.0395. The van der Waals surface area contributed by atoms with Crippen molar-refractivity contribution < 1.29 is 9.90 Å². The Morgan fingerprint density at radius 2 is 2.10 bits per heavy atom. The summed E-state index contributed by atoms with van der Waals surface area (Å²) >= 11 is 0. The summed E-state index contributed by atoms with van der Waals surface area (Å²) in [6.45, 7) is 7.36. The average Bonchev–Trinajstić information content (AvgIpc) is 2.38. The normalized spacial score (nSPS) is 11.1. The molecule has 0 radical (unpaired) electrons. The Morgan fingerprint density at radius 3 is 2.70 bits per heavy atom. The van der Waals surface area contributed by atoms with Gasteiger partial charge in [0.15, 0.2) is 0 Å². The van der Waals surface area contributed by atoms with E-state index in [1.807, 2.05) is 19.1 Å². The molecule has 0 fully saturated rings. The van der Waals surface area contributed by atoms with Gasteiger partial charge in [-0.2, -0.15) is 0 Å². The van der Waals surface area contributed by atoms with Gasteiger partial charge in [-0.05, 0) is 38.5 Å². The van der Waals surface area contributed by atoms with Gasteiger partial charge in [0.1, 0.15) is 0 Å². The second kappa shape index (κ2) is 7.87. The van der Waals surface area contributed by atoms with Crippen molar-refractivity contribution in [1.82, 2.24) is 4.90 Å². The van der Waals surface area contributed by atoms with Crippen molar-refractivity contribution in [1.29, 1.82) is 0 Å². The number of nitrogens with one attached hydrogen (secondary N) is 1. The molecule has 0 aliphatic carbocycles. The molecule has 4 N–H and O–H groups in total. The van der Waals surface area contributed by atoms with Crippen LogP contribution < -0.4 is 11.1 Å². The Hall–Kier alpha value is -1.59. The van der Waals surface area contributed by atoms with Crippen molar-refractivity contribution in [3.05, 3.63) is 23.8 Å². The van der Waals surface area contributed by atoms with E-state index < -0.39 is 0 Å². The van der Waals surface area contributed by atoms with E-state index in [9.17, 15) is 4.79 Å². The summed E-state index contributed by atoms with van der Waals surface area (Å²) in [5, 5.41) is 11.9. The van der Waals surface area contributed by atoms with Gasteiger partial charge < -0.3 is 16.2 Å². The first-order valence-corrected chi connectivity index (χ1v) is 6.95. The highest BCUT2D eigenvalue weighted by Gasteiger charge is 2.11. The minimum atomic E-state index is -0.0395. The van der Waals surface area contributed by atoms with E-state index in [4.69, 9.17) is 10.8 Å². The van der Waals surface area contributed by atoms with Crippen LogP contribution in [0.2, 0.25) is 0 Å². The van der Waals surface area contributed by atoms with Crippen molar-refractivity contribution in [2.45, 2.75) is 33.2 Å². The predicted molar refractivity (Wildman–Crippen MR) is 82.6 cm³/mol. The molecule has 5 heteroatoms. The number of carbonyl (C=O) groups excluding carboxylic acids is 1. The van der Waals surface area contributed by atoms with E-state index in [2.05, 4.69) is 24.1 Å². The van der Waals surface area contributed by atoms with Gasteiger partial charge in [0.25, 0.3) is 0 Å². The monoisotopic (exact) mass is 279 g/mol.